The van der Waals surface area contributed by atoms with Crippen molar-refractivity contribution in [2.24, 2.45) is 10.9 Å². The molecule has 70 valence electrons. The molecule has 0 atom stereocenters. The second kappa shape index (κ2) is 3.66. The van der Waals surface area contributed by atoms with E-state index in [9.17, 15) is 0 Å². The topological polar surface area (TPSA) is 58.6 Å². The van der Waals surface area contributed by atoms with E-state index >= 15 is 0 Å². The number of halogens is 1. The van der Waals surface area contributed by atoms with Crippen molar-refractivity contribution in [3.63, 3.8) is 0 Å². The standard InChI is InChI=1S/C9H11ClN2O/c1-5-3-6(2)8(10)4-7(5)9(11)12-13/h3-4,13H,1-2H3,(H2,11,12). The quantitative estimate of drug-likeness (QED) is 0.314. The minimum Gasteiger partial charge on any atom is -0.409 e. The number of oxime groups is 1. The van der Waals surface area contributed by atoms with Gasteiger partial charge in [0.15, 0.2) is 5.84 Å². The fraction of sp³-hybridized carbons (Fsp3) is 0.222. The van der Waals surface area contributed by atoms with Crippen LogP contribution in [-0.4, -0.2) is 11.0 Å². The molecule has 0 bridgehead atoms. The Balaban J connectivity index is 3.32. The first kappa shape index (κ1) is 9.86. The van der Waals surface area contributed by atoms with Crippen molar-refractivity contribution >= 4 is 17.4 Å². The molecule has 0 aliphatic carbocycles. The monoisotopic (exact) mass is 198 g/mol. The van der Waals surface area contributed by atoms with Crippen LogP contribution >= 0.6 is 11.6 Å². The molecule has 0 unspecified atom stereocenters. The summed E-state index contributed by atoms with van der Waals surface area (Å²) in [6.07, 6.45) is 0. The Kier molecular flexibility index (Phi) is 2.78. The predicted octanol–water partition coefficient (Wildman–Crippen LogP) is 2.05. The van der Waals surface area contributed by atoms with Crippen molar-refractivity contribution < 1.29 is 5.21 Å². The summed E-state index contributed by atoms with van der Waals surface area (Å²) in [5.74, 6) is 0.0828. The molecule has 1 aromatic carbocycles. The summed E-state index contributed by atoms with van der Waals surface area (Å²) in [6.45, 7) is 3.79. The van der Waals surface area contributed by atoms with E-state index in [0.29, 0.717) is 10.6 Å². The molecule has 4 heteroatoms. The van der Waals surface area contributed by atoms with Crippen molar-refractivity contribution in [3.8, 4) is 0 Å². The summed E-state index contributed by atoms with van der Waals surface area (Å²) in [6, 6.07) is 3.59. The fourth-order valence-electron chi connectivity index (χ4n) is 1.16. The molecule has 0 aliphatic rings. The summed E-state index contributed by atoms with van der Waals surface area (Å²) in [5.41, 5.74) is 8.04. The summed E-state index contributed by atoms with van der Waals surface area (Å²) in [5, 5.41) is 12.0. The van der Waals surface area contributed by atoms with Crippen molar-refractivity contribution in [1.29, 1.82) is 0 Å². The molecule has 0 spiro atoms. The average Bonchev–Trinajstić information content (AvgIpc) is 2.10. The SMILES string of the molecule is Cc1cc(C)c(/C(N)=N\O)cc1Cl. The maximum absolute atomic E-state index is 8.49. The van der Waals surface area contributed by atoms with Gasteiger partial charge in [-0.15, -0.1) is 0 Å². The maximum Gasteiger partial charge on any atom is 0.170 e. The second-order valence-electron chi connectivity index (χ2n) is 2.90. The van der Waals surface area contributed by atoms with Crippen molar-refractivity contribution in [2.75, 3.05) is 0 Å². The first-order valence-corrected chi connectivity index (χ1v) is 4.18. The van der Waals surface area contributed by atoms with Crippen LogP contribution in [0.4, 0.5) is 0 Å². The molecule has 1 aromatic rings. The van der Waals surface area contributed by atoms with E-state index in [1.54, 1.807) is 6.07 Å². The van der Waals surface area contributed by atoms with Crippen LogP contribution in [0.15, 0.2) is 17.3 Å². The lowest BCUT2D eigenvalue weighted by molar-refractivity contribution is 0.318. The van der Waals surface area contributed by atoms with Gasteiger partial charge in [-0.25, -0.2) is 0 Å². The lowest BCUT2D eigenvalue weighted by Crippen LogP contribution is -2.14. The minimum absolute atomic E-state index is 0.0828. The predicted molar refractivity (Wildman–Crippen MR) is 53.4 cm³/mol. The maximum atomic E-state index is 8.49. The second-order valence-corrected chi connectivity index (χ2v) is 3.31. The van der Waals surface area contributed by atoms with Crippen LogP contribution in [0.3, 0.4) is 0 Å². The van der Waals surface area contributed by atoms with E-state index in [4.69, 9.17) is 22.5 Å². The first-order valence-electron chi connectivity index (χ1n) is 3.81. The largest absolute Gasteiger partial charge is 0.409 e. The van der Waals surface area contributed by atoms with Crippen molar-refractivity contribution in [3.05, 3.63) is 33.8 Å². The number of nitrogens with two attached hydrogens (primary N) is 1. The third-order valence-electron chi connectivity index (χ3n) is 1.89. The van der Waals surface area contributed by atoms with E-state index < -0.39 is 0 Å². The van der Waals surface area contributed by atoms with E-state index in [2.05, 4.69) is 5.16 Å². The van der Waals surface area contributed by atoms with Crippen molar-refractivity contribution in [2.45, 2.75) is 13.8 Å². The Labute approximate surface area is 81.8 Å². The number of rotatable bonds is 1. The summed E-state index contributed by atoms with van der Waals surface area (Å²) in [7, 11) is 0. The van der Waals surface area contributed by atoms with Gasteiger partial charge in [0.1, 0.15) is 0 Å². The Morgan fingerprint density at radius 3 is 2.54 bits per heavy atom. The first-order chi connectivity index (χ1) is 6.06. The van der Waals surface area contributed by atoms with Crippen LogP contribution in [0.2, 0.25) is 5.02 Å². The summed E-state index contributed by atoms with van der Waals surface area (Å²) >= 11 is 5.89. The fourth-order valence-corrected chi connectivity index (χ4v) is 1.32. The zero-order valence-corrected chi connectivity index (χ0v) is 8.26. The number of hydrogen-bond donors (Lipinski definition) is 2. The van der Waals surface area contributed by atoms with Gasteiger partial charge in [0.05, 0.1) is 0 Å². The molecule has 0 aliphatic heterocycles. The van der Waals surface area contributed by atoms with Crippen molar-refractivity contribution in [1.82, 2.24) is 0 Å². The van der Waals surface area contributed by atoms with Crippen LogP contribution in [0.5, 0.6) is 0 Å². The molecular weight excluding hydrogens is 188 g/mol. The van der Waals surface area contributed by atoms with Gasteiger partial charge in [0.2, 0.25) is 0 Å². The van der Waals surface area contributed by atoms with Crippen LogP contribution in [-0.2, 0) is 0 Å². The molecule has 0 heterocycles. The molecule has 3 N–H and O–H groups in total. The van der Waals surface area contributed by atoms with E-state index in [1.165, 1.54) is 0 Å². The molecule has 0 saturated heterocycles. The summed E-state index contributed by atoms with van der Waals surface area (Å²) < 4.78 is 0. The Morgan fingerprint density at radius 1 is 1.38 bits per heavy atom. The van der Waals surface area contributed by atoms with E-state index in [0.717, 1.165) is 11.1 Å². The lowest BCUT2D eigenvalue weighted by atomic mass is 10.1. The minimum atomic E-state index is 0.0828. The molecule has 0 aromatic heterocycles. The molecule has 13 heavy (non-hydrogen) atoms. The van der Waals surface area contributed by atoms with Gasteiger partial charge in [-0.3, -0.25) is 0 Å². The Hall–Kier alpha value is -1.22. The molecule has 1 rings (SSSR count). The van der Waals surface area contributed by atoms with E-state index in [-0.39, 0.29) is 5.84 Å². The number of hydrogen-bond acceptors (Lipinski definition) is 2. The number of benzene rings is 1. The lowest BCUT2D eigenvalue weighted by Gasteiger charge is -2.06. The number of aryl methyl sites for hydroxylation is 2. The summed E-state index contributed by atoms with van der Waals surface area (Å²) in [4.78, 5) is 0. The number of amidine groups is 1. The van der Waals surface area contributed by atoms with E-state index in [1.807, 2.05) is 19.9 Å². The zero-order chi connectivity index (χ0) is 10.0. The average molecular weight is 199 g/mol. The van der Waals surface area contributed by atoms with Crippen LogP contribution in [0, 0.1) is 13.8 Å². The van der Waals surface area contributed by atoms with Crippen LogP contribution in [0.1, 0.15) is 16.7 Å². The molecule has 0 saturated carbocycles. The molecule has 3 nitrogen and oxygen atoms in total. The smallest absolute Gasteiger partial charge is 0.170 e. The molecular formula is C9H11ClN2O. The highest BCUT2D eigenvalue weighted by molar-refractivity contribution is 6.31. The van der Waals surface area contributed by atoms with Crippen LogP contribution < -0.4 is 5.73 Å². The third kappa shape index (κ3) is 1.92. The highest BCUT2D eigenvalue weighted by atomic mass is 35.5. The zero-order valence-electron chi connectivity index (χ0n) is 7.50. The highest BCUT2D eigenvalue weighted by Crippen LogP contribution is 2.20. The normalized spacial score (nSPS) is 11.8. The van der Waals surface area contributed by atoms with Gasteiger partial charge in [-0.05, 0) is 31.0 Å². The van der Waals surface area contributed by atoms with Gasteiger partial charge < -0.3 is 10.9 Å². The number of nitrogens with zero attached hydrogens (tertiary/aromatic N) is 1. The molecule has 0 radical (unpaired) electrons. The Morgan fingerprint density at radius 2 is 2.00 bits per heavy atom. The van der Waals surface area contributed by atoms with Gasteiger partial charge in [-0.1, -0.05) is 22.8 Å². The van der Waals surface area contributed by atoms with Gasteiger partial charge in [0, 0.05) is 10.6 Å². The molecule has 0 amide bonds. The van der Waals surface area contributed by atoms with Gasteiger partial charge in [-0.2, -0.15) is 0 Å². The highest BCUT2D eigenvalue weighted by Gasteiger charge is 2.06. The third-order valence-corrected chi connectivity index (χ3v) is 2.30. The Bertz CT molecular complexity index is 361. The van der Waals surface area contributed by atoms with Crippen LogP contribution in [0.25, 0.3) is 0 Å². The molecule has 0 fully saturated rings. The van der Waals surface area contributed by atoms with Gasteiger partial charge in [0.25, 0.3) is 0 Å². The van der Waals surface area contributed by atoms with Gasteiger partial charge >= 0.3 is 0 Å².